The van der Waals surface area contributed by atoms with Crippen LogP contribution in [0.4, 0.5) is 10.5 Å². The van der Waals surface area contributed by atoms with Gasteiger partial charge >= 0.3 is 6.09 Å². The Bertz CT molecular complexity index is 1610. The molecule has 5 rings (SSSR count). The van der Waals surface area contributed by atoms with Gasteiger partial charge in [0.1, 0.15) is 30.4 Å². The van der Waals surface area contributed by atoms with Gasteiger partial charge in [-0.05, 0) is 74.3 Å². The maximum Gasteiger partial charge on any atom is 0.409 e. The number of non-ortho nitro benzene ring substituents is 1. The molecule has 1 heterocycles. The second-order valence-corrected chi connectivity index (χ2v) is 13.1. The summed E-state index contributed by atoms with van der Waals surface area (Å²) in [5.41, 5.74) is 2.35. The van der Waals surface area contributed by atoms with E-state index >= 15 is 0 Å². The molecule has 13 heteroatoms. The molecule has 13 nitrogen and oxygen atoms in total. The number of benzene rings is 2. The highest BCUT2D eigenvalue weighted by Gasteiger charge is 2.65. The van der Waals surface area contributed by atoms with Crippen molar-refractivity contribution in [2.45, 2.75) is 69.6 Å². The molecule has 6 atom stereocenters. The maximum atomic E-state index is 13.4. The van der Waals surface area contributed by atoms with E-state index in [9.17, 15) is 25.1 Å². The molecule has 2 N–H and O–H groups in total. The van der Waals surface area contributed by atoms with Crippen LogP contribution >= 0.6 is 0 Å². The van der Waals surface area contributed by atoms with Gasteiger partial charge in [0.2, 0.25) is 5.79 Å². The van der Waals surface area contributed by atoms with Gasteiger partial charge in [0.05, 0.1) is 35.8 Å². The molecule has 51 heavy (non-hydrogen) atoms. The standard InChI is InChI=1S/C38H49N3O10/c1-5-20-49-38-34(40(3)37(44)48-6-2)24-32(39-47-4)30-21-25(12-7-9-18-42)29(15-8-10-19-43)35(36(30)38)31-23-28(16-17-33(31)51-38)50-27-14-11-13-26(22-27)41(45)46/h5,11,13-14,16-17,21-23,25,29,34-36,42-43H,1,6-10,12,15,18-20,24H2,2-4H3/t25-,29+,34-,35+,36+,38+/m0/s1. The van der Waals surface area contributed by atoms with E-state index in [-0.39, 0.29) is 56.3 Å². The molecule has 2 aromatic rings. The van der Waals surface area contributed by atoms with Crippen LogP contribution in [-0.2, 0) is 14.3 Å². The number of ether oxygens (including phenoxy) is 4. The zero-order valence-electron chi connectivity index (χ0n) is 29.6. The summed E-state index contributed by atoms with van der Waals surface area (Å²) in [4.78, 5) is 31.3. The first-order valence-electron chi connectivity index (χ1n) is 17.7. The highest BCUT2D eigenvalue weighted by molar-refractivity contribution is 6.02. The van der Waals surface area contributed by atoms with Crippen LogP contribution in [0.3, 0.4) is 0 Å². The van der Waals surface area contributed by atoms with Crippen molar-refractivity contribution in [1.29, 1.82) is 0 Å². The van der Waals surface area contributed by atoms with Crippen molar-refractivity contribution in [2.24, 2.45) is 22.9 Å². The second-order valence-electron chi connectivity index (χ2n) is 13.1. The second kappa shape index (κ2) is 17.2. The predicted octanol–water partition coefficient (Wildman–Crippen LogP) is 6.74. The van der Waals surface area contributed by atoms with Gasteiger partial charge in [0.25, 0.3) is 5.69 Å². The van der Waals surface area contributed by atoms with Gasteiger partial charge in [-0.25, -0.2) is 4.79 Å². The average molecular weight is 708 g/mol. The molecule has 0 spiro atoms. The average Bonchev–Trinajstić information content (AvgIpc) is 3.12. The molecule has 0 bridgehead atoms. The summed E-state index contributed by atoms with van der Waals surface area (Å²) in [6.07, 6.45) is 8.10. The third-order valence-corrected chi connectivity index (χ3v) is 10.1. The zero-order valence-corrected chi connectivity index (χ0v) is 29.6. The number of aliphatic hydroxyl groups excluding tert-OH is 2. The van der Waals surface area contributed by atoms with Crippen LogP contribution in [0.15, 0.2) is 71.9 Å². The molecule has 0 radical (unpaired) electrons. The summed E-state index contributed by atoms with van der Waals surface area (Å²) in [6, 6.07) is 10.8. The van der Waals surface area contributed by atoms with Crippen LogP contribution in [0.25, 0.3) is 0 Å². The third kappa shape index (κ3) is 7.90. The van der Waals surface area contributed by atoms with E-state index in [1.165, 1.54) is 24.1 Å². The largest absolute Gasteiger partial charge is 0.459 e. The minimum Gasteiger partial charge on any atom is -0.459 e. The smallest absolute Gasteiger partial charge is 0.409 e. The minimum atomic E-state index is -1.39. The first kappa shape index (κ1) is 37.8. The first-order valence-corrected chi connectivity index (χ1v) is 17.7. The number of hydrogen-bond donors (Lipinski definition) is 2. The van der Waals surface area contributed by atoms with Crippen molar-refractivity contribution in [3.05, 3.63) is 82.4 Å². The number of nitro benzene ring substituents is 1. The van der Waals surface area contributed by atoms with Gasteiger partial charge in [-0.15, -0.1) is 6.58 Å². The third-order valence-electron chi connectivity index (χ3n) is 10.1. The Kier molecular flexibility index (Phi) is 12.7. The monoisotopic (exact) mass is 707 g/mol. The summed E-state index contributed by atoms with van der Waals surface area (Å²) in [5, 5.41) is 35.4. The summed E-state index contributed by atoms with van der Waals surface area (Å²) < 4.78 is 25.5. The maximum absolute atomic E-state index is 13.4. The number of rotatable bonds is 17. The Balaban J connectivity index is 1.73. The Morgan fingerprint density at radius 2 is 1.88 bits per heavy atom. The van der Waals surface area contributed by atoms with Crippen LogP contribution in [0.2, 0.25) is 0 Å². The van der Waals surface area contributed by atoms with E-state index in [2.05, 4.69) is 17.8 Å². The number of oxime groups is 1. The number of carbonyl (C=O) groups excluding carboxylic acids is 1. The fourth-order valence-corrected chi connectivity index (χ4v) is 8.05. The van der Waals surface area contributed by atoms with Gasteiger partial charge in [0, 0.05) is 44.2 Å². The molecule has 1 saturated carbocycles. The zero-order chi connectivity index (χ0) is 36.5. The van der Waals surface area contributed by atoms with Crippen molar-refractivity contribution in [1.82, 2.24) is 4.90 Å². The number of aliphatic hydroxyl groups is 2. The van der Waals surface area contributed by atoms with Crippen LogP contribution in [0.5, 0.6) is 17.2 Å². The van der Waals surface area contributed by atoms with Crippen LogP contribution in [0, 0.1) is 27.9 Å². The van der Waals surface area contributed by atoms with Crippen molar-refractivity contribution >= 4 is 17.5 Å². The van der Waals surface area contributed by atoms with Crippen molar-refractivity contribution in [2.75, 3.05) is 40.6 Å². The molecule has 1 aliphatic heterocycles. The molecule has 3 aliphatic rings. The van der Waals surface area contributed by atoms with Crippen molar-refractivity contribution in [3.8, 4) is 17.2 Å². The van der Waals surface area contributed by atoms with Gasteiger partial charge in [-0.3, -0.25) is 10.1 Å². The lowest BCUT2D eigenvalue weighted by Gasteiger charge is -2.59. The molecule has 1 fully saturated rings. The highest BCUT2D eigenvalue weighted by Crippen LogP contribution is 2.62. The quantitative estimate of drug-likeness (QED) is 0.0780. The van der Waals surface area contributed by atoms with E-state index in [0.717, 1.165) is 36.8 Å². The van der Waals surface area contributed by atoms with E-state index in [0.29, 0.717) is 35.8 Å². The van der Waals surface area contributed by atoms with Gasteiger partial charge in [-0.1, -0.05) is 36.2 Å². The molecule has 2 aromatic carbocycles. The molecule has 2 aliphatic carbocycles. The topological polar surface area (TPSA) is 162 Å². The normalized spacial score (nSPS) is 25.5. The lowest BCUT2D eigenvalue weighted by molar-refractivity contribution is -0.384. The Labute approximate surface area is 298 Å². The van der Waals surface area contributed by atoms with E-state index < -0.39 is 28.8 Å². The number of carbonyl (C=O) groups is 1. The summed E-state index contributed by atoms with van der Waals surface area (Å²) in [7, 11) is 3.17. The van der Waals surface area contributed by atoms with Crippen molar-refractivity contribution < 1.29 is 43.7 Å². The molecule has 0 unspecified atom stereocenters. The number of nitrogens with zero attached hydrogens (tertiary/aromatic N) is 3. The Morgan fingerprint density at radius 1 is 1.14 bits per heavy atom. The number of fused-ring (bicyclic) bond motifs is 2. The fraction of sp³-hybridized carbons (Fsp3) is 0.526. The number of unbranched alkanes of at least 4 members (excludes halogenated alkanes) is 2. The molecule has 0 saturated heterocycles. The highest BCUT2D eigenvalue weighted by atomic mass is 16.7. The molecule has 0 aromatic heterocycles. The minimum absolute atomic E-state index is 0.0295. The Hall–Kier alpha value is -4.46. The number of hydrogen-bond acceptors (Lipinski definition) is 11. The van der Waals surface area contributed by atoms with Crippen LogP contribution < -0.4 is 9.47 Å². The molecule has 1 amide bonds. The van der Waals surface area contributed by atoms with Gasteiger partial charge < -0.3 is 38.9 Å². The molecular weight excluding hydrogens is 658 g/mol. The predicted molar refractivity (Wildman–Crippen MR) is 190 cm³/mol. The van der Waals surface area contributed by atoms with Crippen LogP contribution in [0.1, 0.15) is 63.4 Å². The number of allylic oxidation sites excluding steroid dienone is 1. The lowest BCUT2D eigenvalue weighted by Crippen LogP contribution is -2.69. The van der Waals surface area contributed by atoms with E-state index in [1.54, 1.807) is 38.2 Å². The van der Waals surface area contributed by atoms with E-state index in [1.807, 2.05) is 12.1 Å². The van der Waals surface area contributed by atoms with Crippen LogP contribution in [-0.4, -0.2) is 84.3 Å². The van der Waals surface area contributed by atoms with Crippen molar-refractivity contribution in [3.63, 3.8) is 0 Å². The number of amides is 1. The number of nitro groups is 1. The van der Waals surface area contributed by atoms with E-state index in [4.69, 9.17) is 23.8 Å². The summed E-state index contributed by atoms with van der Waals surface area (Å²) in [5.74, 6) is -0.664. The Morgan fingerprint density at radius 3 is 2.57 bits per heavy atom. The molecular formula is C38H49N3O10. The lowest BCUT2D eigenvalue weighted by atomic mass is 9.55. The SMILES string of the molecule is C=CCO[C@@]12Oc3ccc(Oc4cccc([N+](=O)[O-])c4)cc3[C@H]3[C@H](CCCCO)[C@@H](CCCCO)C=C(C(=NOC)C[C@@H]1N(C)C(=O)OCC)[C@H]32. The van der Waals surface area contributed by atoms with Gasteiger partial charge in [-0.2, -0.15) is 0 Å². The summed E-state index contributed by atoms with van der Waals surface area (Å²) in [6.45, 7) is 6.15. The molecule has 276 valence electrons. The number of likely N-dealkylation sites (N-methyl/N-ethyl adjacent to an activating group) is 1. The van der Waals surface area contributed by atoms with Gasteiger partial charge in [0.15, 0.2) is 0 Å². The fourth-order valence-electron chi connectivity index (χ4n) is 8.05. The summed E-state index contributed by atoms with van der Waals surface area (Å²) >= 11 is 0. The first-order chi connectivity index (χ1) is 24.7.